The number of amides is 1. The highest BCUT2D eigenvalue weighted by atomic mass is 32.2. The number of hydrogen-bond acceptors (Lipinski definition) is 4. The van der Waals surface area contributed by atoms with Crippen molar-refractivity contribution < 1.29 is 23.1 Å². The Balaban J connectivity index is 2.03. The molecule has 2 rings (SSSR count). The SMILES string of the molecule is CN(CC(=O)O)S(=O)(=O)C1CCCN(C(=O)C2CCCC2)C1. The Bertz CT molecular complexity index is 527. The van der Waals surface area contributed by atoms with E-state index in [1.54, 1.807) is 4.90 Å². The number of carbonyl (C=O) groups excluding carboxylic acids is 1. The molecule has 1 saturated heterocycles. The molecule has 1 unspecified atom stereocenters. The van der Waals surface area contributed by atoms with Gasteiger partial charge in [-0.25, -0.2) is 8.42 Å². The first kappa shape index (κ1) is 17.2. The minimum absolute atomic E-state index is 0.0400. The molecule has 1 atom stereocenters. The highest BCUT2D eigenvalue weighted by molar-refractivity contribution is 7.89. The van der Waals surface area contributed by atoms with E-state index >= 15 is 0 Å². The van der Waals surface area contributed by atoms with E-state index in [4.69, 9.17) is 5.11 Å². The molecule has 2 aliphatic rings. The van der Waals surface area contributed by atoms with Crippen LogP contribution in [0.4, 0.5) is 0 Å². The molecule has 0 aromatic carbocycles. The summed E-state index contributed by atoms with van der Waals surface area (Å²) in [7, 11) is -2.41. The number of hydrogen-bond donors (Lipinski definition) is 1. The molecule has 0 aromatic rings. The monoisotopic (exact) mass is 332 g/mol. The number of likely N-dealkylation sites (N-methyl/N-ethyl adjacent to an activating group) is 1. The third-order valence-corrected chi connectivity index (χ3v) is 6.83. The Kier molecular flexibility index (Phi) is 5.44. The largest absolute Gasteiger partial charge is 0.480 e. The van der Waals surface area contributed by atoms with Crippen LogP contribution in [0.3, 0.4) is 0 Å². The van der Waals surface area contributed by atoms with Gasteiger partial charge in [-0.3, -0.25) is 9.59 Å². The van der Waals surface area contributed by atoms with Gasteiger partial charge in [0, 0.05) is 26.1 Å². The van der Waals surface area contributed by atoms with Gasteiger partial charge in [0.2, 0.25) is 15.9 Å². The fourth-order valence-corrected chi connectivity index (χ4v) is 4.98. The number of piperidine rings is 1. The molecule has 126 valence electrons. The number of aliphatic carboxylic acids is 1. The van der Waals surface area contributed by atoms with Crippen LogP contribution in [0.2, 0.25) is 0 Å². The van der Waals surface area contributed by atoms with Crippen LogP contribution >= 0.6 is 0 Å². The second-order valence-electron chi connectivity index (χ2n) is 6.22. The molecule has 1 aliphatic heterocycles. The Morgan fingerprint density at radius 3 is 2.41 bits per heavy atom. The number of carboxylic acid groups (broad SMARTS) is 1. The zero-order chi connectivity index (χ0) is 16.3. The topological polar surface area (TPSA) is 95.0 Å². The highest BCUT2D eigenvalue weighted by Crippen LogP contribution is 2.28. The van der Waals surface area contributed by atoms with Crippen LogP contribution in [0.1, 0.15) is 38.5 Å². The van der Waals surface area contributed by atoms with Gasteiger partial charge in [0.05, 0.1) is 5.25 Å². The smallest absolute Gasteiger partial charge is 0.318 e. The molecule has 0 radical (unpaired) electrons. The van der Waals surface area contributed by atoms with Crippen LogP contribution in [0, 0.1) is 5.92 Å². The van der Waals surface area contributed by atoms with Crippen LogP contribution in [-0.4, -0.2) is 66.5 Å². The number of rotatable bonds is 5. The van der Waals surface area contributed by atoms with Crippen LogP contribution < -0.4 is 0 Å². The maximum Gasteiger partial charge on any atom is 0.318 e. The fraction of sp³-hybridized carbons (Fsp3) is 0.857. The van der Waals surface area contributed by atoms with E-state index < -0.39 is 27.8 Å². The summed E-state index contributed by atoms with van der Waals surface area (Å²) in [5.41, 5.74) is 0. The first-order valence-corrected chi connectivity index (χ1v) is 9.28. The van der Waals surface area contributed by atoms with Crippen molar-refractivity contribution >= 4 is 21.9 Å². The van der Waals surface area contributed by atoms with Crippen molar-refractivity contribution in [2.45, 2.75) is 43.8 Å². The zero-order valence-corrected chi connectivity index (χ0v) is 13.7. The van der Waals surface area contributed by atoms with E-state index in [0.717, 1.165) is 30.0 Å². The van der Waals surface area contributed by atoms with Crippen LogP contribution in [-0.2, 0) is 19.6 Å². The van der Waals surface area contributed by atoms with Gasteiger partial charge in [-0.05, 0) is 25.7 Å². The summed E-state index contributed by atoms with van der Waals surface area (Å²) in [5, 5.41) is 8.06. The van der Waals surface area contributed by atoms with Gasteiger partial charge in [0.25, 0.3) is 0 Å². The predicted molar refractivity (Wildman–Crippen MR) is 80.7 cm³/mol. The third-order valence-electron chi connectivity index (χ3n) is 4.61. The van der Waals surface area contributed by atoms with E-state index in [1.807, 2.05) is 0 Å². The van der Waals surface area contributed by atoms with Crippen LogP contribution in [0.5, 0.6) is 0 Å². The zero-order valence-electron chi connectivity index (χ0n) is 12.9. The normalized spacial score (nSPS) is 23.9. The molecule has 2 fully saturated rings. The lowest BCUT2D eigenvalue weighted by Gasteiger charge is -2.35. The summed E-state index contributed by atoms with van der Waals surface area (Å²) in [5.74, 6) is -1.07. The van der Waals surface area contributed by atoms with Crippen molar-refractivity contribution in [3.8, 4) is 0 Å². The van der Waals surface area contributed by atoms with Crippen molar-refractivity contribution in [3.05, 3.63) is 0 Å². The minimum atomic E-state index is -3.69. The summed E-state index contributed by atoms with van der Waals surface area (Å²) in [6.45, 7) is 0.237. The Morgan fingerprint density at radius 1 is 1.18 bits per heavy atom. The summed E-state index contributed by atoms with van der Waals surface area (Å²) >= 11 is 0. The van der Waals surface area contributed by atoms with E-state index in [-0.39, 0.29) is 18.4 Å². The van der Waals surface area contributed by atoms with Crippen molar-refractivity contribution in [2.75, 3.05) is 26.7 Å². The number of carbonyl (C=O) groups is 2. The molecule has 7 nitrogen and oxygen atoms in total. The Hall–Kier alpha value is -1.15. The van der Waals surface area contributed by atoms with Gasteiger partial charge in [0.1, 0.15) is 6.54 Å². The van der Waals surface area contributed by atoms with Gasteiger partial charge >= 0.3 is 5.97 Å². The van der Waals surface area contributed by atoms with E-state index in [1.165, 1.54) is 7.05 Å². The molecule has 0 spiro atoms. The first-order valence-electron chi connectivity index (χ1n) is 7.78. The molecule has 1 aliphatic carbocycles. The lowest BCUT2D eigenvalue weighted by molar-refractivity contribution is -0.137. The standard InChI is InChI=1S/C14H24N2O5S/c1-15(10-13(17)18)22(20,21)12-7-4-8-16(9-12)14(19)11-5-2-3-6-11/h11-12H,2-10H2,1H3,(H,17,18). The molecule has 8 heteroatoms. The molecule has 1 amide bonds. The Morgan fingerprint density at radius 2 is 1.82 bits per heavy atom. The average Bonchev–Trinajstić information content (AvgIpc) is 3.00. The van der Waals surface area contributed by atoms with E-state index in [9.17, 15) is 18.0 Å². The maximum atomic E-state index is 12.4. The van der Waals surface area contributed by atoms with Crippen molar-refractivity contribution in [3.63, 3.8) is 0 Å². The quantitative estimate of drug-likeness (QED) is 0.792. The molecular formula is C14H24N2O5S. The molecule has 22 heavy (non-hydrogen) atoms. The second-order valence-corrected chi connectivity index (χ2v) is 8.54. The van der Waals surface area contributed by atoms with Crippen molar-refractivity contribution in [1.82, 2.24) is 9.21 Å². The third kappa shape index (κ3) is 3.78. The summed E-state index contributed by atoms with van der Waals surface area (Å²) in [6, 6.07) is 0. The summed E-state index contributed by atoms with van der Waals surface area (Å²) < 4.78 is 25.7. The highest BCUT2D eigenvalue weighted by Gasteiger charge is 2.37. The average molecular weight is 332 g/mol. The van der Waals surface area contributed by atoms with Crippen molar-refractivity contribution in [2.24, 2.45) is 5.92 Å². The Labute approximate surface area is 131 Å². The van der Waals surface area contributed by atoms with Gasteiger partial charge in [0.15, 0.2) is 0 Å². The van der Waals surface area contributed by atoms with Gasteiger partial charge < -0.3 is 10.0 Å². The van der Waals surface area contributed by atoms with Crippen LogP contribution in [0.15, 0.2) is 0 Å². The molecular weight excluding hydrogens is 308 g/mol. The number of nitrogens with zero attached hydrogens (tertiary/aromatic N) is 2. The lowest BCUT2D eigenvalue weighted by Crippen LogP contribution is -2.50. The lowest BCUT2D eigenvalue weighted by atomic mass is 10.0. The van der Waals surface area contributed by atoms with E-state index in [0.29, 0.717) is 19.4 Å². The maximum absolute atomic E-state index is 12.4. The predicted octanol–water partition coefficient (Wildman–Crippen LogP) is 0.514. The van der Waals surface area contributed by atoms with Gasteiger partial charge in [-0.15, -0.1) is 0 Å². The molecule has 1 N–H and O–H groups in total. The first-order chi connectivity index (χ1) is 10.3. The molecule has 1 saturated carbocycles. The molecule has 0 bridgehead atoms. The van der Waals surface area contributed by atoms with Crippen molar-refractivity contribution in [1.29, 1.82) is 0 Å². The second kappa shape index (κ2) is 6.95. The fourth-order valence-electron chi connectivity index (χ4n) is 3.35. The van der Waals surface area contributed by atoms with E-state index in [2.05, 4.69) is 0 Å². The number of carboxylic acids is 1. The minimum Gasteiger partial charge on any atom is -0.480 e. The summed E-state index contributed by atoms with van der Waals surface area (Å²) in [4.78, 5) is 24.8. The summed E-state index contributed by atoms with van der Waals surface area (Å²) in [6.07, 6.45) is 5.03. The molecule has 0 aromatic heterocycles. The van der Waals surface area contributed by atoms with Gasteiger partial charge in [-0.2, -0.15) is 4.31 Å². The van der Waals surface area contributed by atoms with Crippen LogP contribution in [0.25, 0.3) is 0 Å². The van der Waals surface area contributed by atoms with Gasteiger partial charge in [-0.1, -0.05) is 12.8 Å². The number of sulfonamides is 1. The molecule has 1 heterocycles. The number of likely N-dealkylation sites (tertiary alicyclic amines) is 1.